The van der Waals surface area contributed by atoms with Gasteiger partial charge in [-0.3, -0.25) is 14.3 Å². The average Bonchev–Trinajstić information content (AvgIpc) is 3.27. The van der Waals surface area contributed by atoms with Gasteiger partial charge in [-0.2, -0.15) is 9.94 Å². The lowest BCUT2D eigenvalue weighted by Gasteiger charge is -2.19. The van der Waals surface area contributed by atoms with Crippen LogP contribution in [0.1, 0.15) is 19.0 Å². The third-order valence-electron chi connectivity index (χ3n) is 4.74. The van der Waals surface area contributed by atoms with Gasteiger partial charge in [-0.05, 0) is 36.4 Å². The lowest BCUT2D eigenvalue weighted by Crippen LogP contribution is -2.34. The summed E-state index contributed by atoms with van der Waals surface area (Å²) in [6.07, 6.45) is 0.263. The van der Waals surface area contributed by atoms with Crippen LogP contribution in [0.5, 0.6) is 0 Å². The van der Waals surface area contributed by atoms with Crippen LogP contribution in [0.3, 0.4) is 0 Å². The van der Waals surface area contributed by atoms with Gasteiger partial charge < -0.3 is 4.90 Å². The van der Waals surface area contributed by atoms with E-state index in [1.54, 1.807) is 30.4 Å². The van der Waals surface area contributed by atoms with Crippen LogP contribution < -0.4 is 5.56 Å². The highest BCUT2D eigenvalue weighted by molar-refractivity contribution is 8.00. The van der Waals surface area contributed by atoms with Crippen LogP contribution in [-0.4, -0.2) is 59.2 Å². The molecular formula is C19H22N8O2S. The van der Waals surface area contributed by atoms with Crippen LogP contribution >= 0.6 is 11.8 Å². The number of nitrogens with zero attached hydrogens (tertiary/aromatic N) is 8. The van der Waals surface area contributed by atoms with Crippen molar-refractivity contribution in [3.8, 4) is 17.4 Å². The van der Waals surface area contributed by atoms with Gasteiger partial charge in [-0.15, -0.1) is 5.10 Å². The maximum atomic E-state index is 13.2. The Kier molecular flexibility index (Phi) is 6.37. The van der Waals surface area contributed by atoms with Crippen molar-refractivity contribution in [2.75, 3.05) is 13.6 Å². The van der Waals surface area contributed by atoms with Crippen molar-refractivity contribution in [2.45, 2.75) is 30.7 Å². The lowest BCUT2D eigenvalue weighted by atomic mass is 10.3. The Morgan fingerprint density at radius 1 is 1.33 bits per heavy atom. The minimum Gasteiger partial charge on any atom is -0.344 e. The van der Waals surface area contributed by atoms with Gasteiger partial charge in [0.05, 0.1) is 29.1 Å². The van der Waals surface area contributed by atoms with Crippen molar-refractivity contribution in [1.82, 2.24) is 34.5 Å². The molecule has 0 saturated carbocycles. The molecule has 0 spiro atoms. The molecule has 0 saturated heterocycles. The molecule has 0 radical (unpaired) electrons. The molecule has 0 fully saturated rings. The molecule has 2 heterocycles. The van der Waals surface area contributed by atoms with Crippen LogP contribution in [0.4, 0.5) is 0 Å². The van der Waals surface area contributed by atoms with E-state index in [4.69, 9.17) is 5.26 Å². The molecule has 0 aliphatic carbocycles. The average molecular weight is 427 g/mol. The molecule has 11 heteroatoms. The van der Waals surface area contributed by atoms with E-state index >= 15 is 0 Å². The van der Waals surface area contributed by atoms with Crippen molar-refractivity contribution >= 4 is 17.7 Å². The van der Waals surface area contributed by atoms with Crippen molar-refractivity contribution in [2.24, 2.45) is 7.05 Å². The molecular weight excluding hydrogens is 404 g/mol. The van der Waals surface area contributed by atoms with Crippen LogP contribution in [0.15, 0.2) is 40.3 Å². The molecule has 0 aliphatic heterocycles. The van der Waals surface area contributed by atoms with Gasteiger partial charge in [0, 0.05) is 20.6 Å². The van der Waals surface area contributed by atoms with E-state index in [0.29, 0.717) is 23.1 Å². The Balaban J connectivity index is 1.94. The maximum absolute atomic E-state index is 13.2. The Morgan fingerprint density at radius 2 is 2.03 bits per heavy atom. The molecule has 156 valence electrons. The number of tetrazole rings is 1. The fraction of sp³-hybridized carbons (Fsp3) is 0.368. The zero-order chi connectivity index (χ0) is 21.8. The maximum Gasteiger partial charge on any atom is 0.297 e. The number of aromatic nitrogens is 6. The summed E-state index contributed by atoms with van der Waals surface area (Å²) in [5.41, 5.74) is 1.47. The predicted octanol–water partition coefficient (Wildman–Crippen LogP) is 1.31. The zero-order valence-corrected chi connectivity index (χ0v) is 18.0. The van der Waals surface area contributed by atoms with E-state index < -0.39 is 5.25 Å². The Morgan fingerprint density at radius 3 is 2.70 bits per heavy atom. The highest BCUT2D eigenvalue weighted by atomic mass is 32.2. The number of benzene rings is 1. The van der Waals surface area contributed by atoms with Crippen LogP contribution in [0.25, 0.3) is 11.4 Å². The Labute approximate surface area is 177 Å². The molecule has 10 nitrogen and oxygen atoms in total. The molecule has 1 unspecified atom stereocenters. The predicted molar refractivity (Wildman–Crippen MR) is 112 cm³/mol. The van der Waals surface area contributed by atoms with Crippen LogP contribution in [0, 0.1) is 18.3 Å². The summed E-state index contributed by atoms with van der Waals surface area (Å²) < 4.78 is 4.67. The molecule has 1 atom stereocenters. The number of rotatable bonds is 7. The van der Waals surface area contributed by atoms with E-state index in [1.807, 2.05) is 43.3 Å². The van der Waals surface area contributed by atoms with Gasteiger partial charge in [0.1, 0.15) is 0 Å². The van der Waals surface area contributed by atoms with Gasteiger partial charge in [0.15, 0.2) is 5.69 Å². The van der Waals surface area contributed by atoms with Gasteiger partial charge in [0.25, 0.3) is 5.56 Å². The van der Waals surface area contributed by atoms with E-state index in [1.165, 1.54) is 21.3 Å². The fourth-order valence-electron chi connectivity index (χ4n) is 3.04. The van der Waals surface area contributed by atoms with Crippen molar-refractivity contribution < 1.29 is 4.79 Å². The number of carbonyl (C=O) groups excluding carboxylic acids is 1. The second-order valence-corrected chi connectivity index (χ2v) is 8.02. The molecule has 1 aromatic carbocycles. The second-order valence-electron chi connectivity index (χ2n) is 6.71. The highest BCUT2D eigenvalue weighted by Crippen LogP contribution is 2.24. The standard InChI is InChI=1S/C19H22N8O2S/c1-13-16(18(29)27(25(13)4)15-9-6-5-7-10-15)26-19(21-22-23-26)30-14(2)17(28)24(3)12-8-11-20/h5-7,9-10,14H,8,12H2,1-4H3. The third kappa shape index (κ3) is 3.99. The molecule has 2 aromatic heterocycles. The molecule has 3 aromatic rings. The molecule has 0 aliphatic rings. The van der Waals surface area contributed by atoms with Gasteiger partial charge in [-0.25, -0.2) is 4.68 Å². The van der Waals surface area contributed by atoms with Crippen LogP contribution in [-0.2, 0) is 11.8 Å². The van der Waals surface area contributed by atoms with Crippen LogP contribution in [0.2, 0.25) is 0 Å². The molecule has 30 heavy (non-hydrogen) atoms. The van der Waals surface area contributed by atoms with Crippen molar-refractivity contribution in [1.29, 1.82) is 5.26 Å². The van der Waals surface area contributed by atoms with E-state index in [9.17, 15) is 9.59 Å². The quantitative estimate of drug-likeness (QED) is 0.523. The number of carbonyl (C=O) groups is 1. The first-order chi connectivity index (χ1) is 14.4. The first kappa shape index (κ1) is 21.3. The largest absolute Gasteiger partial charge is 0.344 e. The first-order valence-corrected chi connectivity index (χ1v) is 10.2. The number of hydrogen-bond donors (Lipinski definition) is 0. The zero-order valence-electron chi connectivity index (χ0n) is 17.2. The normalized spacial score (nSPS) is 11.8. The number of amides is 1. The molecule has 3 rings (SSSR count). The number of thioether (sulfide) groups is 1. The van der Waals surface area contributed by atoms with Gasteiger partial charge >= 0.3 is 0 Å². The Hall–Kier alpha value is -3.39. The summed E-state index contributed by atoms with van der Waals surface area (Å²) in [7, 11) is 3.44. The smallest absolute Gasteiger partial charge is 0.297 e. The molecule has 1 amide bonds. The summed E-state index contributed by atoms with van der Waals surface area (Å²) in [4.78, 5) is 27.3. The SMILES string of the molecule is Cc1c(-n2nnnc2SC(C)C(=O)N(C)CCC#N)c(=O)n(-c2ccccc2)n1C. The topological polar surface area (TPSA) is 115 Å². The summed E-state index contributed by atoms with van der Waals surface area (Å²) in [6, 6.07) is 11.3. The van der Waals surface area contributed by atoms with E-state index in [0.717, 1.165) is 5.69 Å². The number of para-hydroxylation sites is 1. The lowest BCUT2D eigenvalue weighted by molar-refractivity contribution is -0.128. The summed E-state index contributed by atoms with van der Waals surface area (Å²) in [5.74, 6) is -0.142. The summed E-state index contributed by atoms with van der Waals surface area (Å²) in [5, 5.41) is 20.3. The minimum absolute atomic E-state index is 0.142. The Bertz CT molecular complexity index is 1140. The number of nitriles is 1. The first-order valence-electron chi connectivity index (χ1n) is 9.28. The van der Waals surface area contributed by atoms with Gasteiger partial charge in [0.2, 0.25) is 11.1 Å². The van der Waals surface area contributed by atoms with E-state index in [2.05, 4.69) is 15.5 Å². The van der Waals surface area contributed by atoms with Crippen molar-refractivity contribution in [3.05, 3.63) is 46.4 Å². The third-order valence-corrected chi connectivity index (χ3v) is 5.76. The van der Waals surface area contributed by atoms with Crippen molar-refractivity contribution in [3.63, 3.8) is 0 Å². The summed E-state index contributed by atoms with van der Waals surface area (Å²) in [6.45, 7) is 3.91. The number of hydrogen-bond acceptors (Lipinski definition) is 7. The summed E-state index contributed by atoms with van der Waals surface area (Å²) >= 11 is 1.17. The minimum atomic E-state index is -0.487. The molecule has 0 bridgehead atoms. The molecule has 0 N–H and O–H groups in total. The fourth-order valence-corrected chi connectivity index (χ4v) is 3.95. The second kappa shape index (κ2) is 8.96. The van der Waals surface area contributed by atoms with E-state index in [-0.39, 0.29) is 17.9 Å². The van der Waals surface area contributed by atoms with Gasteiger partial charge in [-0.1, -0.05) is 30.0 Å². The monoisotopic (exact) mass is 426 g/mol. The highest BCUT2D eigenvalue weighted by Gasteiger charge is 2.25.